The summed E-state index contributed by atoms with van der Waals surface area (Å²) in [4.78, 5) is 17.2. The fraction of sp³-hybridized carbons (Fsp3) is 0.333. The SMILES string of the molecule is NC1CN(C(=O)c2cccnc2Cl)C1. The van der Waals surface area contributed by atoms with Crippen LogP contribution >= 0.6 is 11.6 Å². The summed E-state index contributed by atoms with van der Waals surface area (Å²) in [6.07, 6.45) is 1.56. The maximum Gasteiger partial charge on any atom is 0.257 e. The number of carbonyl (C=O) groups excluding carboxylic acids is 1. The molecule has 0 aromatic carbocycles. The number of halogens is 1. The molecule has 1 fully saturated rings. The summed E-state index contributed by atoms with van der Waals surface area (Å²) in [5, 5.41) is 0.248. The quantitative estimate of drug-likeness (QED) is 0.689. The molecule has 1 aromatic rings. The Hall–Kier alpha value is -1.13. The van der Waals surface area contributed by atoms with Gasteiger partial charge in [-0.3, -0.25) is 4.79 Å². The topological polar surface area (TPSA) is 59.2 Å². The van der Waals surface area contributed by atoms with Gasteiger partial charge in [-0.1, -0.05) is 11.6 Å². The zero-order valence-corrected chi connectivity index (χ0v) is 8.24. The van der Waals surface area contributed by atoms with E-state index in [0.29, 0.717) is 18.7 Å². The first-order chi connectivity index (χ1) is 6.68. The number of nitrogens with zero attached hydrogens (tertiary/aromatic N) is 2. The van der Waals surface area contributed by atoms with Gasteiger partial charge in [-0.05, 0) is 12.1 Å². The largest absolute Gasteiger partial charge is 0.335 e. The van der Waals surface area contributed by atoms with Gasteiger partial charge in [0.05, 0.1) is 5.56 Å². The van der Waals surface area contributed by atoms with Crippen LogP contribution in [0.1, 0.15) is 10.4 Å². The smallest absolute Gasteiger partial charge is 0.257 e. The number of likely N-dealkylation sites (tertiary alicyclic amines) is 1. The van der Waals surface area contributed by atoms with Gasteiger partial charge in [0.25, 0.3) is 5.91 Å². The van der Waals surface area contributed by atoms with E-state index in [1.54, 1.807) is 23.2 Å². The van der Waals surface area contributed by atoms with Gasteiger partial charge in [-0.25, -0.2) is 4.98 Å². The standard InChI is InChI=1S/C9H10ClN3O/c10-8-7(2-1-3-12-8)9(14)13-4-6(11)5-13/h1-3,6H,4-5,11H2. The minimum Gasteiger partial charge on any atom is -0.335 e. The second-order valence-electron chi connectivity index (χ2n) is 3.31. The lowest BCUT2D eigenvalue weighted by Crippen LogP contribution is -2.57. The second kappa shape index (κ2) is 3.55. The predicted molar refractivity (Wildman–Crippen MR) is 53.1 cm³/mol. The molecule has 2 heterocycles. The minimum absolute atomic E-state index is 0.0928. The highest BCUT2D eigenvalue weighted by atomic mass is 35.5. The van der Waals surface area contributed by atoms with Gasteiger partial charge < -0.3 is 10.6 Å². The van der Waals surface area contributed by atoms with Crippen LogP contribution in [0.4, 0.5) is 0 Å². The average molecular weight is 212 g/mol. The van der Waals surface area contributed by atoms with Gasteiger partial charge in [-0.15, -0.1) is 0 Å². The minimum atomic E-state index is -0.0928. The lowest BCUT2D eigenvalue weighted by Gasteiger charge is -2.36. The zero-order valence-electron chi connectivity index (χ0n) is 7.48. The van der Waals surface area contributed by atoms with Gasteiger partial charge >= 0.3 is 0 Å². The molecule has 1 aliphatic rings. The monoisotopic (exact) mass is 211 g/mol. The number of hydrogen-bond donors (Lipinski definition) is 1. The summed E-state index contributed by atoms with van der Waals surface area (Å²) in [6, 6.07) is 3.47. The van der Waals surface area contributed by atoms with E-state index in [2.05, 4.69) is 4.98 Å². The fourth-order valence-electron chi connectivity index (χ4n) is 1.39. The summed E-state index contributed by atoms with van der Waals surface area (Å²) < 4.78 is 0. The molecule has 0 bridgehead atoms. The van der Waals surface area contributed by atoms with E-state index in [-0.39, 0.29) is 17.1 Å². The lowest BCUT2D eigenvalue weighted by atomic mass is 10.1. The summed E-state index contributed by atoms with van der Waals surface area (Å²) in [5.41, 5.74) is 6.03. The van der Waals surface area contributed by atoms with Crippen molar-refractivity contribution in [3.63, 3.8) is 0 Å². The number of rotatable bonds is 1. The zero-order chi connectivity index (χ0) is 10.1. The van der Waals surface area contributed by atoms with Gasteiger partial charge in [0.2, 0.25) is 0 Å². The molecule has 0 spiro atoms. The third kappa shape index (κ3) is 1.58. The van der Waals surface area contributed by atoms with Crippen LogP contribution in [0.3, 0.4) is 0 Å². The molecule has 14 heavy (non-hydrogen) atoms. The molecule has 0 radical (unpaired) electrons. The Kier molecular flexibility index (Phi) is 2.39. The van der Waals surface area contributed by atoms with Crippen molar-refractivity contribution in [3.05, 3.63) is 29.0 Å². The van der Waals surface area contributed by atoms with Crippen molar-refractivity contribution >= 4 is 17.5 Å². The summed E-state index contributed by atoms with van der Waals surface area (Å²) in [5.74, 6) is -0.0928. The average Bonchev–Trinajstić information content (AvgIpc) is 2.13. The Bertz CT molecular complexity index is 363. The van der Waals surface area contributed by atoms with E-state index in [1.807, 2.05) is 0 Å². The van der Waals surface area contributed by atoms with Crippen LogP contribution in [0.5, 0.6) is 0 Å². The van der Waals surface area contributed by atoms with Crippen LogP contribution in [0, 0.1) is 0 Å². The Morgan fingerprint density at radius 3 is 2.93 bits per heavy atom. The van der Waals surface area contributed by atoms with E-state index >= 15 is 0 Å². The highest BCUT2D eigenvalue weighted by molar-refractivity contribution is 6.32. The third-order valence-corrected chi connectivity index (χ3v) is 2.49. The molecule has 5 heteroatoms. The third-order valence-electron chi connectivity index (χ3n) is 2.19. The highest BCUT2D eigenvalue weighted by Gasteiger charge is 2.29. The molecular weight excluding hydrogens is 202 g/mol. The molecule has 74 valence electrons. The maximum absolute atomic E-state index is 11.7. The first-order valence-electron chi connectivity index (χ1n) is 4.34. The molecule has 2 N–H and O–H groups in total. The molecule has 1 saturated heterocycles. The van der Waals surface area contributed by atoms with Crippen LogP contribution in [-0.4, -0.2) is 34.9 Å². The van der Waals surface area contributed by atoms with Gasteiger partial charge in [0.15, 0.2) is 0 Å². The molecule has 2 rings (SSSR count). The first-order valence-corrected chi connectivity index (χ1v) is 4.71. The van der Waals surface area contributed by atoms with Crippen LogP contribution in [0.15, 0.2) is 18.3 Å². The van der Waals surface area contributed by atoms with Gasteiger partial charge in [0.1, 0.15) is 5.15 Å². The highest BCUT2D eigenvalue weighted by Crippen LogP contribution is 2.17. The Labute approximate surface area is 86.7 Å². The lowest BCUT2D eigenvalue weighted by molar-refractivity contribution is 0.0608. The van der Waals surface area contributed by atoms with Crippen LogP contribution in [0.2, 0.25) is 5.15 Å². The van der Waals surface area contributed by atoms with Crippen LogP contribution in [-0.2, 0) is 0 Å². The maximum atomic E-state index is 11.7. The van der Waals surface area contributed by atoms with E-state index in [4.69, 9.17) is 17.3 Å². The number of amides is 1. The van der Waals surface area contributed by atoms with Crippen LogP contribution in [0.25, 0.3) is 0 Å². The van der Waals surface area contributed by atoms with Gasteiger partial charge in [-0.2, -0.15) is 0 Å². The molecule has 1 amide bonds. The van der Waals surface area contributed by atoms with E-state index in [0.717, 1.165) is 0 Å². The summed E-state index contributed by atoms with van der Waals surface area (Å²) in [7, 11) is 0. The number of carbonyl (C=O) groups is 1. The van der Waals surface area contributed by atoms with Crippen LogP contribution < -0.4 is 5.73 Å². The molecule has 0 aliphatic carbocycles. The van der Waals surface area contributed by atoms with Crippen molar-refractivity contribution in [3.8, 4) is 0 Å². The molecule has 1 aromatic heterocycles. The van der Waals surface area contributed by atoms with Crippen molar-refractivity contribution in [2.24, 2.45) is 5.73 Å². The molecular formula is C9H10ClN3O. The Morgan fingerprint density at radius 1 is 1.64 bits per heavy atom. The molecule has 0 saturated carbocycles. The van der Waals surface area contributed by atoms with Crippen molar-refractivity contribution in [1.29, 1.82) is 0 Å². The Morgan fingerprint density at radius 2 is 2.36 bits per heavy atom. The van der Waals surface area contributed by atoms with Gasteiger partial charge in [0, 0.05) is 25.3 Å². The number of aromatic nitrogens is 1. The predicted octanol–water partition coefficient (Wildman–Crippen LogP) is 0.518. The van der Waals surface area contributed by atoms with E-state index < -0.39 is 0 Å². The molecule has 0 unspecified atom stereocenters. The summed E-state index contributed by atoms with van der Waals surface area (Å²) >= 11 is 5.79. The van der Waals surface area contributed by atoms with E-state index in [9.17, 15) is 4.79 Å². The fourth-order valence-corrected chi connectivity index (χ4v) is 1.59. The second-order valence-corrected chi connectivity index (χ2v) is 3.67. The summed E-state index contributed by atoms with van der Waals surface area (Å²) in [6.45, 7) is 1.20. The molecule has 0 atom stereocenters. The number of pyridine rings is 1. The molecule has 4 nitrogen and oxygen atoms in total. The number of nitrogens with two attached hydrogens (primary N) is 1. The van der Waals surface area contributed by atoms with Crippen molar-refractivity contribution < 1.29 is 4.79 Å². The number of hydrogen-bond acceptors (Lipinski definition) is 3. The normalized spacial score (nSPS) is 16.6. The Balaban J connectivity index is 2.16. The first kappa shape index (κ1) is 9.43. The van der Waals surface area contributed by atoms with Crippen molar-refractivity contribution in [2.45, 2.75) is 6.04 Å². The van der Waals surface area contributed by atoms with E-state index in [1.165, 1.54) is 0 Å². The molecule has 1 aliphatic heterocycles. The van der Waals surface area contributed by atoms with Crippen molar-refractivity contribution in [1.82, 2.24) is 9.88 Å². The van der Waals surface area contributed by atoms with Crippen molar-refractivity contribution in [2.75, 3.05) is 13.1 Å².